The molecule has 0 saturated carbocycles. The Hall–Kier alpha value is -2.91. The van der Waals surface area contributed by atoms with E-state index in [9.17, 15) is 18.0 Å². The highest BCUT2D eigenvalue weighted by atomic mass is 32.2. The Morgan fingerprint density at radius 2 is 1.58 bits per heavy atom. The lowest BCUT2D eigenvalue weighted by Gasteiger charge is -2.39. The zero-order valence-electron chi connectivity index (χ0n) is 18.4. The van der Waals surface area contributed by atoms with E-state index in [-0.39, 0.29) is 22.5 Å². The van der Waals surface area contributed by atoms with Crippen molar-refractivity contribution >= 4 is 27.0 Å². The Morgan fingerprint density at radius 3 is 2.33 bits per heavy atom. The molecule has 2 fully saturated rings. The van der Waals surface area contributed by atoms with Crippen LogP contribution in [0.1, 0.15) is 38.1 Å². The first-order chi connectivity index (χ1) is 16.0. The van der Waals surface area contributed by atoms with Crippen LogP contribution in [0.25, 0.3) is 11.0 Å². The highest BCUT2D eigenvalue weighted by Gasteiger charge is 2.40. The molecule has 3 aromatic rings. The van der Waals surface area contributed by atoms with Crippen LogP contribution in [-0.4, -0.2) is 58.8 Å². The molecule has 2 aliphatic heterocycles. The summed E-state index contributed by atoms with van der Waals surface area (Å²) in [5.74, 6) is -0.126. The lowest BCUT2D eigenvalue weighted by molar-refractivity contribution is -0.137. The number of H-pyrrole nitrogens is 1. The Balaban J connectivity index is 1.32. The van der Waals surface area contributed by atoms with Gasteiger partial charge in [0.15, 0.2) is 0 Å². The molecule has 0 aliphatic carbocycles. The van der Waals surface area contributed by atoms with Gasteiger partial charge in [0, 0.05) is 25.7 Å². The van der Waals surface area contributed by atoms with E-state index in [2.05, 4.69) is 4.98 Å². The number of benzene rings is 2. The van der Waals surface area contributed by atoms with Gasteiger partial charge in [0.05, 0.1) is 15.9 Å². The van der Waals surface area contributed by atoms with Crippen LogP contribution in [0, 0.1) is 0 Å². The zero-order chi connectivity index (χ0) is 23.0. The van der Waals surface area contributed by atoms with Crippen LogP contribution in [0.15, 0.2) is 64.3 Å². The second-order valence-corrected chi connectivity index (χ2v) is 10.7. The highest BCUT2D eigenvalue weighted by Crippen LogP contribution is 2.29. The maximum atomic E-state index is 13.5. The van der Waals surface area contributed by atoms with Crippen molar-refractivity contribution in [1.82, 2.24) is 18.8 Å². The van der Waals surface area contributed by atoms with Crippen molar-refractivity contribution in [2.45, 2.75) is 49.1 Å². The van der Waals surface area contributed by atoms with Gasteiger partial charge in [-0.15, -0.1) is 0 Å². The van der Waals surface area contributed by atoms with Crippen LogP contribution < -0.4 is 5.69 Å². The van der Waals surface area contributed by atoms with Crippen LogP contribution in [-0.2, 0) is 14.8 Å². The summed E-state index contributed by atoms with van der Waals surface area (Å²) in [5, 5.41) is 0. The van der Waals surface area contributed by atoms with E-state index < -0.39 is 16.1 Å². The van der Waals surface area contributed by atoms with Crippen LogP contribution in [0.2, 0.25) is 0 Å². The molecule has 0 bridgehead atoms. The third-order valence-corrected chi connectivity index (χ3v) is 8.78. The minimum atomic E-state index is -3.73. The third-order valence-electron chi connectivity index (χ3n) is 6.85. The number of amides is 1. The molecule has 9 heteroatoms. The topological polar surface area (TPSA) is 95.5 Å². The molecule has 1 amide bonds. The number of nitrogens with one attached hydrogen (secondary N) is 1. The van der Waals surface area contributed by atoms with Gasteiger partial charge in [0.25, 0.3) is 0 Å². The number of likely N-dealkylation sites (tertiary alicyclic amines) is 1. The first-order valence-electron chi connectivity index (χ1n) is 11.5. The van der Waals surface area contributed by atoms with Gasteiger partial charge in [-0.05, 0) is 49.9 Å². The number of nitrogens with zero attached hydrogens (tertiary/aromatic N) is 3. The standard InChI is InChI=1S/C24H28N4O4S/c29-23(22-12-6-7-15-27(22)33(31,32)19-8-2-1-3-9-19)26-16-13-18(14-17-26)28-21-11-5-4-10-20(21)25-24(28)30/h1-5,8-11,18,22H,6-7,12-17H2,(H,25,30). The molecule has 3 heterocycles. The quantitative estimate of drug-likeness (QED) is 0.637. The molecule has 0 spiro atoms. The van der Waals surface area contributed by atoms with Crippen LogP contribution in [0.4, 0.5) is 0 Å². The molecule has 8 nitrogen and oxygen atoms in total. The molecule has 174 valence electrons. The van der Waals surface area contributed by atoms with Crippen molar-refractivity contribution in [2.24, 2.45) is 0 Å². The summed E-state index contributed by atoms with van der Waals surface area (Å²) in [7, 11) is -3.73. The summed E-state index contributed by atoms with van der Waals surface area (Å²) in [4.78, 5) is 30.9. The van der Waals surface area contributed by atoms with Gasteiger partial charge in [-0.25, -0.2) is 13.2 Å². The first-order valence-corrected chi connectivity index (χ1v) is 13.0. The van der Waals surface area contributed by atoms with Gasteiger partial charge >= 0.3 is 5.69 Å². The average Bonchev–Trinajstić information content (AvgIpc) is 3.20. The second kappa shape index (κ2) is 8.79. The number of sulfonamides is 1. The Morgan fingerprint density at radius 1 is 0.879 bits per heavy atom. The zero-order valence-corrected chi connectivity index (χ0v) is 19.2. The van der Waals surface area contributed by atoms with E-state index in [0.717, 1.165) is 23.9 Å². The van der Waals surface area contributed by atoms with Crippen molar-refractivity contribution < 1.29 is 13.2 Å². The molecule has 1 aromatic heterocycles. The molecular weight excluding hydrogens is 440 g/mol. The molecule has 1 N–H and O–H groups in total. The van der Waals surface area contributed by atoms with Crippen LogP contribution in [0.3, 0.4) is 0 Å². The second-order valence-electron chi connectivity index (χ2n) is 8.81. The van der Waals surface area contributed by atoms with Crippen molar-refractivity contribution in [2.75, 3.05) is 19.6 Å². The number of para-hydroxylation sites is 2. The van der Waals surface area contributed by atoms with Crippen molar-refractivity contribution in [3.63, 3.8) is 0 Å². The predicted molar refractivity (Wildman–Crippen MR) is 125 cm³/mol. The van der Waals surface area contributed by atoms with Gasteiger partial charge in [0.2, 0.25) is 15.9 Å². The minimum Gasteiger partial charge on any atom is -0.341 e. The van der Waals surface area contributed by atoms with Gasteiger partial charge in [0.1, 0.15) is 6.04 Å². The van der Waals surface area contributed by atoms with Crippen LogP contribution in [0.5, 0.6) is 0 Å². The third kappa shape index (κ3) is 4.00. The van der Waals surface area contributed by atoms with Gasteiger partial charge in [-0.1, -0.05) is 36.8 Å². The summed E-state index contributed by atoms with van der Waals surface area (Å²) in [6.45, 7) is 1.37. The van der Waals surface area contributed by atoms with E-state index in [0.29, 0.717) is 38.9 Å². The molecule has 0 radical (unpaired) electrons. The largest absolute Gasteiger partial charge is 0.341 e. The van der Waals surface area contributed by atoms with Gasteiger partial charge in [-0.3, -0.25) is 9.36 Å². The monoisotopic (exact) mass is 468 g/mol. The number of imidazole rings is 1. The van der Waals surface area contributed by atoms with E-state index in [1.165, 1.54) is 4.31 Å². The fourth-order valence-corrected chi connectivity index (χ4v) is 6.83. The lowest BCUT2D eigenvalue weighted by Crippen LogP contribution is -2.54. The van der Waals surface area contributed by atoms with Crippen LogP contribution >= 0.6 is 0 Å². The molecule has 1 unspecified atom stereocenters. The SMILES string of the molecule is O=C(C1CCCCN1S(=O)(=O)c1ccccc1)N1CCC(n2c(=O)[nH]c3ccccc32)CC1. The van der Waals surface area contributed by atoms with E-state index >= 15 is 0 Å². The van der Waals surface area contributed by atoms with Gasteiger partial charge in [-0.2, -0.15) is 4.31 Å². The Bertz CT molecular complexity index is 1310. The molecule has 1 atom stereocenters. The number of piperidine rings is 2. The normalized spacial score (nSPS) is 20.8. The van der Waals surface area contributed by atoms with E-state index in [1.54, 1.807) is 39.8 Å². The summed E-state index contributed by atoms with van der Waals surface area (Å²) in [6.07, 6.45) is 3.43. The van der Waals surface area contributed by atoms with Crippen molar-refractivity contribution in [3.05, 3.63) is 65.1 Å². The number of rotatable bonds is 4. The predicted octanol–water partition coefficient (Wildman–Crippen LogP) is 2.74. The van der Waals surface area contributed by atoms with E-state index in [1.807, 2.05) is 24.3 Å². The van der Waals surface area contributed by atoms with Crippen molar-refractivity contribution in [1.29, 1.82) is 0 Å². The fraction of sp³-hybridized carbons (Fsp3) is 0.417. The summed E-state index contributed by atoms with van der Waals surface area (Å²) in [6, 6.07) is 15.3. The summed E-state index contributed by atoms with van der Waals surface area (Å²) < 4.78 is 29.7. The number of carbonyl (C=O) groups is 1. The maximum Gasteiger partial charge on any atom is 0.326 e. The number of fused-ring (bicyclic) bond motifs is 1. The number of aromatic nitrogens is 2. The highest BCUT2D eigenvalue weighted by molar-refractivity contribution is 7.89. The summed E-state index contributed by atoms with van der Waals surface area (Å²) in [5.41, 5.74) is 1.55. The lowest BCUT2D eigenvalue weighted by atomic mass is 10.00. The minimum absolute atomic E-state index is 0.00760. The molecule has 33 heavy (non-hydrogen) atoms. The van der Waals surface area contributed by atoms with Gasteiger partial charge < -0.3 is 9.88 Å². The number of hydrogen-bond acceptors (Lipinski definition) is 4. The molecule has 2 aromatic carbocycles. The summed E-state index contributed by atoms with van der Waals surface area (Å²) >= 11 is 0. The number of carbonyl (C=O) groups excluding carboxylic acids is 1. The number of aromatic amines is 1. The van der Waals surface area contributed by atoms with E-state index in [4.69, 9.17) is 0 Å². The molecular formula is C24H28N4O4S. The molecule has 2 saturated heterocycles. The Kier molecular flexibility index (Phi) is 5.84. The maximum absolute atomic E-state index is 13.5. The average molecular weight is 469 g/mol. The molecule has 2 aliphatic rings. The Labute approximate surface area is 192 Å². The number of hydrogen-bond donors (Lipinski definition) is 1. The first kappa shape index (κ1) is 21.9. The van der Waals surface area contributed by atoms with Crippen molar-refractivity contribution in [3.8, 4) is 0 Å². The molecule has 5 rings (SSSR count). The fourth-order valence-electron chi connectivity index (χ4n) is 5.16. The smallest absolute Gasteiger partial charge is 0.326 e.